The van der Waals surface area contributed by atoms with Crippen LogP contribution in [0.15, 0.2) is 41.2 Å². The van der Waals surface area contributed by atoms with Gasteiger partial charge in [0.2, 0.25) is 18.5 Å². The van der Waals surface area contributed by atoms with E-state index in [1.165, 1.54) is 26.0 Å². The summed E-state index contributed by atoms with van der Waals surface area (Å²) >= 11 is 12.0. The molecule has 0 amide bonds. The van der Waals surface area contributed by atoms with Gasteiger partial charge >= 0.3 is 0 Å². The Balaban J connectivity index is 1.73. The average molecular weight is 501 g/mol. The summed E-state index contributed by atoms with van der Waals surface area (Å²) in [5, 5.41) is 21.2. The van der Waals surface area contributed by atoms with Crippen LogP contribution < -0.4 is 19.8 Å². The lowest BCUT2D eigenvalue weighted by Gasteiger charge is -2.19. The smallest absolute Gasteiger partial charge is 0.271 e. The largest absolute Gasteiger partial charge is 0.494 e. The average Bonchev–Trinajstić information content (AvgIpc) is 3.26. The van der Waals surface area contributed by atoms with Gasteiger partial charge in [0.05, 0.1) is 17.1 Å². The maximum Gasteiger partial charge on any atom is 0.271 e. The Morgan fingerprint density at radius 3 is 2.68 bits per heavy atom. The molecule has 0 radical (unpaired) electrons. The minimum Gasteiger partial charge on any atom is -0.494 e. The molecule has 1 aliphatic rings. The predicted octanol–water partition coefficient (Wildman–Crippen LogP) is 4.47. The zero-order valence-electron chi connectivity index (χ0n) is 18.1. The highest BCUT2D eigenvalue weighted by atomic mass is 35.5. The fourth-order valence-corrected chi connectivity index (χ4v) is 4.09. The van der Waals surface area contributed by atoms with Crippen molar-refractivity contribution in [2.24, 2.45) is 0 Å². The monoisotopic (exact) mass is 500 g/mol. The van der Waals surface area contributed by atoms with E-state index in [9.17, 15) is 20.0 Å². The van der Waals surface area contributed by atoms with E-state index in [1.54, 1.807) is 24.3 Å². The van der Waals surface area contributed by atoms with Crippen molar-refractivity contribution in [1.29, 1.82) is 5.26 Å². The summed E-state index contributed by atoms with van der Waals surface area (Å²) < 4.78 is 17.3. The third kappa shape index (κ3) is 4.28. The summed E-state index contributed by atoms with van der Waals surface area (Å²) in [4.78, 5) is 26.2. The number of nitriles is 1. The van der Waals surface area contributed by atoms with Gasteiger partial charge < -0.3 is 19.3 Å². The van der Waals surface area contributed by atoms with Crippen LogP contribution in [0.25, 0.3) is 0 Å². The number of pyridine rings is 1. The zero-order chi connectivity index (χ0) is 24.6. The van der Waals surface area contributed by atoms with Gasteiger partial charge in [0, 0.05) is 5.02 Å². The minimum atomic E-state index is -1.09. The lowest BCUT2D eigenvalue weighted by molar-refractivity contribution is 0.0813. The molecular weight excluding hydrogens is 483 g/mol. The van der Waals surface area contributed by atoms with Crippen molar-refractivity contribution in [3.8, 4) is 29.2 Å². The second-order valence-electron chi connectivity index (χ2n) is 7.59. The molecule has 0 saturated carbocycles. The standard InChI is InChI=1S/C24H18Cl2N2O6/c1-12-16(9-27)23(30)28(10-14-3-5-19-20(7-14)33-11-32-19)24(31)21(12)22(29)13(2)34-18-6-4-15(25)8-17(18)26/h3-8,13,31H,10-11H2,1-2H3. The summed E-state index contributed by atoms with van der Waals surface area (Å²) in [5.74, 6) is 0.0810. The molecule has 0 saturated heterocycles. The normalized spacial score (nSPS) is 12.8. The van der Waals surface area contributed by atoms with E-state index in [-0.39, 0.29) is 40.8 Å². The van der Waals surface area contributed by atoms with Crippen LogP contribution in [0.1, 0.15) is 34.0 Å². The number of hydrogen-bond donors (Lipinski definition) is 1. The number of carbonyl (C=O) groups excluding carboxylic acids is 1. The molecule has 174 valence electrons. The van der Waals surface area contributed by atoms with E-state index >= 15 is 0 Å². The summed E-state index contributed by atoms with van der Waals surface area (Å²) in [6, 6.07) is 11.4. The minimum absolute atomic E-state index is 0.0644. The molecule has 2 aromatic carbocycles. The van der Waals surface area contributed by atoms with Crippen LogP contribution in [-0.4, -0.2) is 28.4 Å². The second-order valence-corrected chi connectivity index (χ2v) is 8.43. The molecule has 0 spiro atoms. The number of nitrogens with zero attached hydrogens (tertiary/aromatic N) is 2. The third-order valence-corrected chi connectivity index (χ3v) is 5.92. The predicted molar refractivity (Wildman–Crippen MR) is 124 cm³/mol. The van der Waals surface area contributed by atoms with Gasteiger partial charge in [0.15, 0.2) is 17.6 Å². The molecule has 10 heteroatoms. The number of hydrogen-bond acceptors (Lipinski definition) is 7. The number of rotatable bonds is 6. The van der Waals surface area contributed by atoms with Crippen LogP contribution in [0, 0.1) is 18.3 Å². The van der Waals surface area contributed by atoms with Crippen molar-refractivity contribution in [2.45, 2.75) is 26.5 Å². The Bertz CT molecular complexity index is 1410. The molecule has 1 N–H and O–H groups in total. The Hall–Kier alpha value is -3.67. The van der Waals surface area contributed by atoms with Gasteiger partial charge in [-0.3, -0.25) is 14.2 Å². The molecule has 34 heavy (non-hydrogen) atoms. The summed E-state index contributed by atoms with van der Waals surface area (Å²) in [5.41, 5.74) is -0.492. The Labute approximate surface area is 204 Å². The number of aromatic nitrogens is 1. The highest BCUT2D eigenvalue weighted by molar-refractivity contribution is 6.35. The maximum absolute atomic E-state index is 13.3. The van der Waals surface area contributed by atoms with Crippen molar-refractivity contribution in [2.75, 3.05) is 6.79 Å². The molecule has 1 aromatic heterocycles. The van der Waals surface area contributed by atoms with Crippen LogP contribution in [-0.2, 0) is 6.54 Å². The molecule has 1 aliphatic heterocycles. The first kappa shape index (κ1) is 23.5. The van der Waals surface area contributed by atoms with E-state index in [0.717, 1.165) is 4.57 Å². The van der Waals surface area contributed by atoms with Crippen LogP contribution in [0.2, 0.25) is 10.0 Å². The molecule has 1 atom stereocenters. The zero-order valence-corrected chi connectivity index (χ0v) is 19.6. The lowest BCUT2D eigenvalue weighted by Crippen LogP contribution is -2.31. The highest BCUT2D eigenvalue weighted by Gasteiger charge is 2.29. The van der Waals surface area contributed by atoms with Gasteiger partial charge in [-0.1, -0.05) is 29.3 Å². The van der Waals surface area contributed by atoms with E-state index in [1.807, 2.05) is 6.07 Å². The van der Waals surface area contributed by atoms with Gasteiger partial charge in [0.25, 0.3) is 5.56 Å². The van der Waals surface area contributed by atoms with E-state index in [4.69, 9.17) is 37.4 Å². The van der Waals surface area contributed by atoms with Gasteiger partial charge in [-0.25, -0.2) is 0 Å². The fraction of sp³-hybridized carbons (Fsp3) is 0.208. The molecule has 2 heterocycles. The van der Waals surface area contributed by atoms with Crippen LogP contribution in [0.4, 0.5) is 0 Å². The number of halogens is 2. The van der Waals surface area contributed by atoms with Crippen molar-refractivity contribution in [3.63, 3.8) is 0 Å². The summed E-state index contributed by atoms with van der Waals surface area (Å²) in [6.07, 6.45) is -1.09. The van der Waals surface area contributed by atoms with E-state index in [0.29, 0.717) is 22.1 Å². The van der Waals surface area contributed by atoms with Crippen molar-refractivity contribution in [1.82, 2.24) is 4.57 Å². The Kier molecular flexibility index (Phi) is 6.42. The van der Waals surface area contributed by atoms with Gasteiger partial charge in [-0.15, -0.1) is 0 Å². The fourth-order valence-electron chi connectivity index (χ4n) is 3.63. The van der Waals surface area contributed by atoms with Crippen LogP contribution >= 0.6 is 23.2 Å². The second kappa shape index (κ2) is 9.29. The highest BCUT2D eigenvalue weighted by Crippen LogP contribution is 2.34. The molecule has 4 rings (SSSR count). The topological polar surface area (TPSA) is 111 Å². The molecule has 1 unspecified atom stereocenters. The van der Waals surface area contributed by atoms with E-state index < -0.39 is 23.3 Å². The number of Topliss-reactive ketones (excluding diaryl/α,β-unsaturated/α-hetero) is 1. The van der Waals surface area contributed by atoms with Gasteiger partial charge in [-0.05, 0) is 55.3 Å². The number of ketones is 1. The van der Waals surface area contributed by atoms with Gasteiger partial charge in [0.1, 0.15) is 17.4 Å². The number of fused-ring (bicyclic) bond motifs is 1. The van der Waals surface area contributed by atoms with Crippen molar-refractivity contribution in [3.05, 3.63) is 79.1 Å². The third-order valence-electron chi connectivity index (χ3n) is 5.39. The first-order chi connectivity index (χ1) is 16.2. The van der Waals surface area contributed by atoms with Crippen LogP contribution in [0.3, 0.4) is 0 Å². The first-order valence-electron chi connectivity index (χ1n) is 10.1. The SMILES string of the molecule is Cc1c(C(=O)C(C)Oc2ccc(Cl)cc2Cl)c(O)n(Cc2ccc3c(c2)OCO3)c(=O)c1C#N. The lowest BCUT2D eigenvalue weighted by atomic mass is 9.99. The number of carbonyl (C=O) groups is 1. The first-order valence-corrected chi connectivity index (χ1v) is 10.9. The molecule has 0 fully saturated rings. The molecule has 8 nitrogen and oxygen atoms in total. The quantitative estimate of drug-likeness (QED) is 0.497. The molecule has 3 aromatic rings. The number of aromatic hydroxyl groups is 1. The number of benzene rings is 2. The molecule has 0 aliphatic carbocycles. The maximum atomic E-state index is 13.3. The van der Waals surface area contributed by atoms with Crippen molar-refractivity contribution >= 4 is 29.0 Å². The summed E-state index contributed by atoms with van der Waals surface area (Å²) in [6.45, 7) is 2.89. The summed E-state index contributed by atoms with van der Waals surface area (Å²) in [7, 11) is 0. The Morgan fingerprint density at radius 1 is 1.24 bits per heavy atom. The molecular formula is C24H18Cl2N2O6. The molecule has 0 bridgehead atoms. The Morgan fingerprint density at radius 2 is 1.97 bits per heavy atom. The number of ether oxygens (including phenoxy) is 3. The van der Waals surface area contributed by atoms with E-state index in [2.05, 4.69) is 0 Å². The van der Waals surface area contributed by atoms with Gasteiger partial charge in [-0.2, -0.15) is 5.26 Å². The van der Waals surface area contributed by atoms with Crippen molar-refractivity contribution < 1.29 is 24.1 Å². The van der Waals surface area contributed by atoms with Crippen LogP contribution in [0.5, 0.6) is 23.1 Å².